The summed E-state index contributed by atoms with van der Waals surface area (Å²) in [4.78, 5) is 15.9. The molecule has 3 nitrogen and oxygen atoms in total. The third kappa shape index (κ3) is 2.40. The van der Waals surface area contributed by atoms with Crippen LogP contribution in [0.4, 0.5) is 0 Å². The van der Waals surface area contributed by atoms with Crippen LogP contribution in [-0.2, 0) is 0 Å². The van der Waals surface area contributed by atoms with Crippen molar-refractivity contribution < 1.29 is 9.53 Å². The number of carbonyl (C=O) groups is 1. The average molecular weight is 241 g/mol. The maximum atomic E-state index is 11.5. The Bertz CT molecular complexity index is 591. The zero-order valence-electron chi connectivity index (χ0n) is 10.7. The van der Waals surface area contributed by atoms with Crippen molar-refractivity contribution in [3.8, 4) is 17.0 Å². The van der Waals surface area contributed by atoms with Gasteiger partial charge in [-0.3, -0.25) is 9.78 Å². The number of hydrogen-bond donors (Lipinski definition) is 0. The lowest BCUT2D eigenvalue weighted by molar-refractivity contribution is 0.101. The monoisotopic (exact) mass is 241 g/mol. The van der Waals surface area contributed by atoms with E-state index in [0.29, 0.717) is 5.56 Å². The largest absolute Gasteiger partial charge is 0.496 e. The van der Waals surface area contributed by atoms with Crippen molar-refractivity contribution in [2.45, 2.75) is 13.8 Å². The van der Waals surface area contributed by atoms with Gasteiger partial charge in [-0.05, 0) is 38.1 Å². The summed E-state index contributed by atoms with van der Waals surface area (Å²) in [5.41, 5.74) is 3.15. The van der Waals surface area contributed by atoms with Crippen molar-refractivity contribution in [2.24, 2.45) is 0 Å². The number of hydrogen-bond acceptors (Lipinski definition) is 3. The van der Waals surface area contributed by atoms with Gasteiger partial charge in [-0.1, -0.05) is 12.1 Å². The van der Waals surface area contributed by atoms with E-state index in [1.54, 1.807) is 26.2 Å². The van der Waals surface area contributed by atoms with Crippen LogP contribution in [0.15, 0.2) is 36.4 Å². The third-order valence-corrected chi connectivity index (χ3v) is 2.74. The van der Waals surface area contributed by atoms with E-state index in [1.165, 1.54) is 0 Å². The number of aromatic nitrogens is 1. The highest BCUT2D eigenvalue weighted by atomic mass is 16.5. The number of benzene rings is 1. The molecule has 0 aliphatic rings. The molecule has 1 aromatic carbocycles. The first kappa shape index (κ1) is 12.3. The summed E-state index contributed by atoms with van der Waals surface area (Å²) in [5, 5.41) is 0. The summed E-state index contributed by atoms with van der Waals surface area (Å²) in [6.07, 6.45) is 0. The standard InChI is InChI=1S/C15H15NO2/c1-10-8-12(11(2)17)9-14(16-10)13-6-4-5-7-15(13)18-3/h4-9H,1-3H3. The summed E-state index contributed by atoms with van der Waals surface area (Å²) < 4.78 is 5.32. The van der Waals surface area contributed by atoms with E-state index in [0.717, 1.165) is 22.7 Å². The number of ether oxygens (including phenoxy) is 1. The van der Waals surface area contributed by atoms with Crippen LogP contribution in [0, 0.1) is 6.92 Å². The van der Waals surface area contributed by atoms with E-state index in [1.807, 2.05) is 31.2 Å². The van der Waals surface area contributed by atoms with Gasteiger partial charge in [-0.15, -0.1) is 0 Å². The molecule has 0 fully saturated rings. The molecule has 0 amide bonds. The molecule has 0 saturated heterocycles. The van der Waals surface area contributed by atoms with E-state index in [-0.39, 0.29) is 5.78 Å². The van der Waals surface area contributed by atoms with Crippen LogP contribution >= 0.6 is 0 Å². The van der Waals surface area contributed by atoms with Gasteiger partial charge in [0, 0.05) is 16.8 Å². The van der Waals surface area contributed by atoms with Crippen LogP contribution in [0.3, 0.4) is 0 Å². The number of aryl methyl sites for hydroxylation is 1. The number of rotatable bonds is 3. The molecule has 92 valence electrons. The van der Waals surface area contributed by atoms with E-state index >= 15 is 0 Å². The molecule has 2 rings (SSSR count). The van der Waals surface area contributed by atoms with Crippen molar-refractivity contribution >= 4 is 5.78 Å². The van der Waals surface area contributed by atoms with Crippen molar-refractivity contribution in [3.05, 3.63) is 47.7 Å². The van der Waals surface area contributed by atoms with E-state index in [4.69, 9.17) is 4.74 Å². The molecule has 0 radical (unpaired) electrons. The molecule has 0 spiro atoms. The second-order valence-electron chi connectivity index (χ2n) is 4.14. The summed E-state index contributed by atoms with van der Waals surface area (Å²) in [7, 11) is 1.63. The predicted octanol–water partition coefficient (Wildman–Crippen LogP) is 3.27. The first-order valence-electron chi connectivity index (χ1n) is 5.75. The number of para-hydroxylation sites is 1. The Morgan fingerprint density at radius 1 is 1.22 bits per heavy atom. The average Bonchev–Trinajstić information content (AvgIpc) is 2.38. The molecule has 3 heteroatoms. The lowest BCUT2D eigenvalue weighted by atomic mass is 10.1. The molecule has 0 aliphatic carbocycles. The van der Waals surface area contributed by atoms with Gasteiger partial charge < -0.3 is 4.74 Å². The van der Waals surface area contributed by atoms with Gasteiger partial charge in [0.15, 0.2) is 5.78 Å². The molecule has 1 aromatic heterocycles. The summed E-state index contributed by atoms with van der Waals surface area (Å²) in [6.45, 7) is 3.44. The minimum Gasteiger partial charge on any atom is -0.496 e. The number of methoxy groups -OCH3 is 1. The topological polar surface area (TPSA) is 39.2 Å². The van der Waals surface area contributed by atoms with Crippen molar-refractivity contribution in [1.82, 2.24) is 4.98 Å². The number of Topliss-reactive ketones (excluding diaryl/α,β-unsaturated/α-hetero) is 1. The van der Waals surface area contributed by atoms with Crippen LogP contribution in [0.1, 0.15) is 23.0 Å². The molecule has 0 saturated carbocycles. The van der Waals surface area contributed by atoms with Gasteiger partial charge in [0.25, 0.3) is 0 Å². The van der Waals surface area contributed by atoms with Crippen LogP contribution < -0.4 is 4.74 Å². The Labute approximate surface area is 106 Å². The predicted molar refractivity (Wildman–Crippen MR) is 71.0 cm³/mol. The quantitative estimate of drug-likeness (QED) is 0.774. The summed E-state index contributed by atoms with van der Waals surface area (Å²) in [6, 6.07) is 11.2. The van der Waals surface area contributed by atoms with Gasteiger partial charge in [0.05, 0.1) is 12.8 Å². The Morgan fingerprint density at radius 3 is 2.61 bits per heavy atom. The normalized spacial score (nSPS) is 10.2. The SMILES string of the molecule is COc1ccccc1-c1cc(C(C)=O)cc(C)n1. The fourth-order valence-electron chi connectivity index (χ4n) is 1.87. The van der Waals surface area contributed by atoms with Crippen molar-refractivity contribution in [2.75, 3.05) is 7.11 Å². The molecule has 2 aromatic rings. The molecule has 0 bridgehead atoms. The van der Waals surface area contributed by atoms with Crippen LogP contribution in [-0.4, -0.2) is 17.9 Å². The zero-order chi connectivity index (χ0) is 13.1. The Morgan fingerprint density at radius 2 is 1.94 bits per heavy atom. The molecular weight excluding hydrogens is 226 g/mol. The fourth-order valence-corrected chi connectivity index (χ4v) is 1.87. The van der Waals surface area contributed by atoms with Crippen molar-refractivity contribution in [1.29, 1.82) is 0 Å². The van der Waals surface area contributed by atoms with Gasteiger partial charge in [0.2, 0.25) is 0 Å². The molecule has 1 heterocycles. The van der Waals surface area contributed by atoms with E-state index < -0.39 is 0 Å². The number of ketones is 1. The highest BCUT2D eigenvalue weighted by Crippen LogP contribution is 2.28. The van der Waals surface area contributed by atoms with Crippen molar-refractivity contribution in [3.63, 3.8) is 0 Å². The number of carbonyl (C=O) groups excluding carboxylic acids is 1. The fraction of sp³-hybridized carbons (Fsp3) is 0.200. The first-order valence-corrected chi connectivity index (χ1v) is 5.75. The highest BCUT2D eigenvalue weighted by Gasteiger charge is 2.09. The zero-order valence-corrected chi connectivity index (χ0v) is 10.7. The van der Waals surface area contributed by atoms with Gasteiger partial charge >= 0.3 is 0 Å². The molecule has 0 unspecified atom stereocenters. The van der Waals surface area contributed by atoms with Crippen LogP contribution in [0.5, 0.6) is 5.75 Å². The number of nitrogens with zero attached hydrogens (tertiary/aromatic N) is 1. The third-order valence-electron chi connectivity index (χ3n) is 2.74. The molecular formula is C15H15NO2. The second-order valence-corrected chi connectivity index (χ2v) is 4.14. The number of pyridine rings is 1. The Kier molecular flexibility index (Phi) is 3.42. The maximum absolute atomic E-state index is 11.5. The summed E-state index contributed by atoms with van der Waals surface area (Å²) in [5.74, 6) is 0.793. The lowest BCUT2D eigenvalue weighted by Gasteiger charge is -2.09. The van der Waals surface area contributed by atoms with E-state index in [9.17, 15) is 4.79 Å². The van der Waals surface area contributed by atoms with Gasteiger partial charge in [0.1, 0.15) is 5.75 Å². The lowest BCUT2D eigenvalue weighted by Crippen LogP contribution is -1.98. The van der Waals surface area contributed by atoms with Crippen LogP contribution in [0.2, 0.25) is 0 Å². The molecule has 0 N–H and O–H groups in total. The van der Waals surface area contributed by atoms with Crippen LogP contribution in [0.25, 0.3) is 11.3 Å². The maximum Gasteiger partial charge on any atom is 0.159 e. The molecule has 0 atom stereocenters. The summed E-state index contributed by atoms with van der Waals surface area (Å²) >= 11 is 0. The first-order chi connectivity index (χ1) is 8.61. The van der Waals surface area contributed by atoms with Gasteiger partial charge in [-0.25, -0.2) is 0 Å². The molecule has 18 heavy (non-hydrogen) atoms. The molecule has 0 aliphatic heterocycles. The van der Waals surface area contributed by atoms with Gasteiger partial charge in [-0.2, -0.15) is 0 Å². The smallest absolute Gasteiger partial charge is 0.159 e. The minimum atomic E-state index is 0.0386. The second kappa shape index (κ2) is 5.00. The van der Waals surface area contributed by atoms with E-state index in [2.05, 4.69) is 4.98 Å². The minimum absolute atomic E-state index is 0.0386. The Hall–Kier alpha value is -2.16. The Balaban J connectivity index is 2.60. The highest BCUT2D eigenvalue weighted by molar-refractivity contribution is 5.95.